The number of benzene rings is 1. The minimum absolute atomic E-state index is 0.0298. The van der Waals surface area contributed by atoms with E-state index in [2.05, 4.69) is 20.8 Å². The van der Waals surface area contributed by atoms with Crippen molar-refractivity contribution < 1.29 is 24.0 Å². The molecule has 1 aromatic carbocycles. The highest BCUT2D eigenvalue weighted by atomic mass is 16.5. The Hall–Kier alpha value is -3.10. The van der Waals surface area contributed by atoms with Crippen LogP contribution >= 0.6 is 0 Å². The minimum Gasteiger partial charge on any atom is -0.497 e. The molecule has 0 saturated heterocycles. The number of amides is 2. The first-order valence-corrected chi connectivity index (χ1v) is 9.24. The lowest BCUT2D eigenvalue weighted by Crippen LogP contribution is -2.44. The fourth-order valence-corrected chi connectivity index (χ4v) is 3.26. The van der Waals surface area contributed by atoms with E-state index in [1.165, 1.54) is 0 Å². The van der Waals surface area contributed by atoms with E-state index in [-0.39, 0.29) is 18.0 Å². The van der Waals surface area contributed by atoms with Crippen LogP contribution in [-0.2, 0) is 4.79 Å². The van der Waals surface area contributed by atoms with Crippen LogP contribution in [0.3, 0.4) is 0 Å². The van der Waals surface area contributed by atoms with Crippen LogP contribution < -0.4 is 15.4 Å². The van der Waals surface area contributed by atoms with Crippen molar-refractivity contribution in [1.29, 1.82) is 0 Å². The maximum Gasteiger partial charge on any atom is 0.315 e. The monoisotopic (exact) mass is 388 g/mol. The van der Waals surface area contributed by atoms with Crippen LogP contribution in [0, 0.1) is 5.92 Å². The summed E-state index contributed by atoms with van der Waals surface area (Å²) in [6, 6.07) is 6.45. The van der Waals surface area contributed by atoms with Gasteiger partial charge in [-0.05, 0) is 44.7 Å². The first-order chi connectivity index (χ1) is 13.5. The van der Waals surface area contributed by atoms with Crippen molar-refractivity contribution >= 4 is 12.0 Å². The van der Waals surface area contributed by atoms with Crippen LogP contribution in [0.15, 0.2) is 28.8 Å². The average molecular weight is 388 g/mol. The summed E-state index contributed by atoms with van der Waals surface area (Å²) in [5.41, 5.74) is 0.751. The van der Waals surface area contributed by atoms with Crippen LogP contribution in [0.4, 0.5) is 4.79 Å². The number of hydrogen-bond acceptors (Lipinski definition) is 6. The maximum absolute atomic E-state index is 12.2. The molecule has 1 atom stereocenters. The van der Waals surface area contributed by atoms with Gasteiger partial charge in [0.1, 0.15) is 11.8 Å². The van der Waals surface area contributed by atoms with E-state index in [4.69, 9.17) is 14.4 Å². The van der Waals surface area contributed by atoms with E-state index >= 15 is 0 Å². The fourth-order valence-electron chi connectivity index (χ4n) is 3.26. The van der Waals surface area contributed by atoms with Gasteiger partial charge in [0, 0.05) is 11.6 Å². The molecule has 150 valence electrons. The van der Waals surface area contributed by atoms with E-state index in [1.54, 1.807) is 20.1 Å². The Bertz CT molecular complexity index is 829. The van der Waals surface area contributed by atoms with Crippen molar-refractivity contribution in [1.82, 2.24) is 20.8 Å². The molecule has 2 aromatic rings. The molecule has 9 nitrogen and oxygen atoms in total. The van der Waals surface area contributed by atoms with Gasteiger partial charge in [-0.15, -0.1) is 0 Å². The highest BCUT2D eigenvalue weighted by Crippen LogP contribution is 2.25. The van der Waals surface area contributed by atoms with Gasteiger partial charge in [-0.3, -0.25) is 4.79 Å². The van der Waals surface area contributed by atoms with E-state index < -0.39 is 12.0 Å². The Labute approximate surface area is 162 Å². The molecule has 0 spiro atoms. The smallest absolute Gasteiger partial charge is 0.315 e. The topological polar surface area (TPSA) is 127 Å². The number of nitrogens with zero attached hydrogens (tertiary/aromatic N) is 2. The molecule has 28 heavy (non-hydrogen) atoms. The summed E-state index contributed by atoms with van der Waals surface area (Å²) in [5, 5.41) is 18.7. The Kier molecular flexibility index (Phi) is 6.13. The third-order valence-corrected chi connectivity index (χ3v) is 4.90. The van der Waals surface area contributed by atoms with Gasteiger partial charge < -0.3 is 25.0 Å². The Morgan fingerprint density at radius 2 is 2.04 bits per heavy atom. The molecule has 1 unspecified atom stereocenters. The summed E-state index contributed by atoms with van der Waals surface area (Å²) in [6.07, 6.45) is 2.45. The molecular weight excluding hydrogens is 364 g/mol. The number of ether oxygens (including phenoxy) is 1. The Balaban J connectivity index is 1.53. The number of urea groups is 1. The van der Waals surface area contributed by atoms with Gasteiger partial charge in [0.2, 0.25) is 11.7 Å². The lowest BCUT2D eigenvalue weighted by Gasteiger charge is -2.27. The van der Waals surface area contributed by atoms with Crippen LogP contribution in [0.25, 0.3) is 11.4 Å². The predicted molar refractivity (Wildman–Crippen MR) is 99.8 cm³/mol. The summed E-state index contributed by atoms with van der Waals surface area (Å²) in [6.45, 7) is 1.75. The van der Waals surface area contributed by atoms with Crippen LogP contribution in [-0.4, -0.2) is 40.4 Å². The third-order valence-electron chi connectivity index (χ3n) is 4.90. The van der Waals surface area contributed by atoms with E-state index in [9.17, 15) is 9.59 Å². The van der Waals surface area contributed by atoms with Crippen LogP contribution in [0.1, 0.15) is 44.5 Å². The zero-order chi connectivity index (χ0) is 20.1. The number of carboxylic acids is 1. The number of aromatic nitrogens is 2. The number of nitrogens with one attached hydrogen (secondary N) is 2. The number of carbonyl (C=O) groups excluding carboxylic acids is 1. The highest BCUT2D eigenvalue weighted by molar-refractivity contribution is 5.75. The minimum atomic E-state index is -0.764. The van der Waals surface area contributed by atoms with Crippen molar-refractivity contribution in [2.75, 3.05) is 7.11 Å². The Morgan fingerprint density at radius 3 is 2.71 bits per heavy atom. The Morgan fingerprint density at radius 1 is 1.29 bits per heavy atom. The molecule has 1 aliphatic rings. The van der Waals surface area contributed by atoms with Gasteiger partial charge >= 0.3 is 12.0 Å². The summed E-state index contributed by atoms with van der Waals surface area (Å²) >= 11 is 0. The quantitative estimate of drug-likeness (QED) is 0.694. The highest BCUT2D eigenvalue weighted by Gasteiger charge is 2.27. The molecule has 1 aliphatic carbocycles. The second-order valence-electron chi connectivity index (χ2n) is 6.91. The molecule has 0 bridgehead atoms. The van der Waals surface area contributed by atoms with Crippen molar-refractivity contribution in [2.45, 2.75) is 44.7 Å². The fraction of sp³-hybridized carbons (Fsp3) is 0.474. The molecule has 3 rings (SSSR count). The molecule has 0 radical (unpaired) electrons. The van der Waals surface area contributed by atoms with Crippen molar-refractivity contribution in [3.05, 3.63) is 30.2 Å². The van der Waals surface area contributed by atoms with Crippen molar-refractivity contribution in [3.63, 3.8) is 0 Å². The lowest BCUT2D eigenvalue weighted by molar-refractivity contribution is -0.142. The number of rotatable bonds is 6. The average Bonchev–Trinajstić information content (AvgIpc) is 3.19. The molecule has 9 heteroatoms. The number of carboxylic acid groups (broad SMARTS) is 1. The van der Waals surface area contributed by atoms with Gasteiger partial charge in [0.05, 0.1) is 13.0 Å². The zero-order valence-electron chi connectivity index (χ0n) is 15.8. The molecule has 1 fully saturated rings. The molecule has 1 heterocycles. The van der Waals surface area contributed by atoms with Gasteiger partial charge in [0.15, 0.2) is 0 Å². The number of carbonyl (C=O) groups is 2. The summed E-state index contributed by atoms with van der Waals surface area (Å²) in [4.78, 5) is 27.6. The number of methoxy groups -OCH3 is 1. The molecular formula is C19H24N4O5. The maximum atomic E-state index is 12.2. The summed E-state index contributed by atoms with van der Waals surface area (Å²) in [5.74, 6) is 0.317. The SMILES string of the molecule is COc1cccc(-c2noc(C(C)NC(=O)NC3CCC(C(=O)O)CC3)n2)c1. The van der Waals surface area contributed by atoms with Crippen molar-refractivity contribution in [3.8, 4) is 17.1 Å². The van der Waals surface area contributed by atoms with Gasteiger partial charge in [-0.2, -0.15) is 4.98 Å². The van der Waals surface area contributed by atoms with Crippen LogP contribution in [0.2, 0.25) is 0 Å². The van der Waals surface area contributed by atoms with E-state index in [1.807, 2.05) is 18.2 Å². The molecule has 3 N–H and O–H groups in total. The molecule has 1 aromatic heterocycles. The van der Waals surface area contributed by atoms with E-state index in [0.29, 0.717) is 43.1 Å². The standard InChI is InChI=1S/C19H24N4O5/c1-11(20-19(26)21-14-8-6-12(7-9-14)18(24)25)17-22-16(23-28-17)13-4-3-5-15(10-13)27-2/h3-5,10-12,14H,6-9H2,1-2H3,(H,24,25)(H2,20,21,26). The van der Waals surface area contributed by atoms with Gasteiger partial charge in [0.25, 0.3) is 0 Å². The molecule has 2 amide bonds. The predicted octanol–water partition coefficient (Wildman–Crippen LogP) is 2.75. The van der Waals surface area contributed by atoms with Gasteiger partial charge in [-0.1, -0.05) is 17.3 Å². The van der Waals surface area contributed by atoms with Gasteiger partial charge in [-0.25, -0.2) is 4.79 Å². The zero-order valence-corrected chi connectivity index (χ0v) is 15.8. The largest absolute Gasteiger partial charge is 0.497 e. The summed E-state index contributed by atoms with van der Waals surface area (Å²) < 4.78 is 10.5. The number of hydrogen-bond donors (Lipinski definition) is 3. The third kappa shape index (κ3) is 4.79. The summed E-state index contributed by atoms with van der Waals surface area (Å²) in [7, 11) is 1.58. The normalized spacial score (nSPS) is 20.2. The molecule has 0 aliphatic heterocycles. The van der Waals surface area contributed by atoms with E-state index in [0.717, 1.165) is 5.56 Å². The van der Waals surface area contributed by atoms with Crippen molar-refractivity contribution in [2.24, 2.45) is 5.92 Å². The first-order valence-electron chi connectivity index (χ1n) is 9.24. The lowest BCUT2D eigenvalue weighted by atomic mass is 9.86. The molecule has 1 saturated carbocycles. The number of aliphatic carboxylic acids is 1. The first kappa shape index (κ1) is 19.7. The second-order valence-corrected chi connectivity index (χ2v) is 6.91. The van der Waals surface area contributed by atoms with Crippen LogP contribution in [0.5, 0.6) is 5.75 Å². The second kappa shape index (κ2) is 8.73.